The molecule has 0 bridgehead atoms. The molecule has 0 aliphatic rings. The highest BCUT2D eigenvalue weighted by Crippen LogP contribution is 2.39. The number of para-hydroxylation sites is 3. The molecule has 44 heavy (non-hydrogen) atoms. The summed E-state index contributed by atoms with van der Waals surface area (Å²) >= 11 is 0. The van der Waals surface area contributed by atoms with Crippen LogP contribution in [0.25, 0.3) is 77.6 Å². The maximum absolute atomic E-state index is 5.17. The first-order chi connectivity index (χ1) is 21.8. The molecule has 0 saturated heterocycles. The molecular formula is C40H26N4. The van der Waals surface area contributed by atoms with Gasteiger partial charge in [-0.05, 0) is 54.6 Å². The van der Waals surface area contributed by atoms with E-state index in [1.54, 1.807) is 0 Å². The standard InChI is InChI=1S/C40H26N4/c1-4-12-27(13-5-1)37-33-18-10-11-19-35(33)41-40(42-37)29-21-23-36-34(26-29)32-22-20-28-24-25-43(30-14-6-2-7-15-30)38(28)39(32)44(36)31-16-8-3-9-17-31/h1-26H. The lowest BCUT2D eigenvalue weighted by Gasteiger charge is -2.12. The van der Waals surface area contributed by atoms with Crippen LogP contribution in [-0.2, 0) is 0 Å². The van der Waals surface area contributed by atoms with Crippen molar-refractivity contribution in [3.63, 3.8) is 0 Å². The van der Waals surface area contributed by atoms with Gasteiger partial charge in [-0.15, -0.1) is 0 Å². The average molecular weight is 563 g/mol. The first-order valence-electron chi connectivity index (χ1n) is 14.9. The summed E-state index contributed by atoms with van der Waals surface area (Å²) in [5.74, 6) is 0.721. The molecule has 0 atom stereocenters. The van der Waals surface area contributed by atoms with Crippen molar-refractivity contribution in [1.29, 1.82) is 0 Å². The van der Waals surface area contributed by atoms with Crippen molar-refractivity contribution in [2.24, 2.45) is 0 Å². The summed E-state index contributed by atoms with van der Waals surface area (Å²) in [7, 11) is 0. The van der Waals surface area contributed by atoms with Crippen molar-refractivity contribution in [3.05, 3.63) is 158 Å². The minimum Gasteiger partial charge on any atom is -0.315 e. The number of nitrogens with zero attached hydrogens (tertiary/aromatic N) is 4. The minimum absolute atomic E-state index is 0.721. The van der Waals surface area contributed by atoms with Crippen LogP contribution in [0.15, 0.2) is 158 Å². The number of fused-ring (bicyclic) bond motifs is 6. The average Bonchev–Trinajstić information content (AvgIpc) is 3.68. The van der Waals surface area contributed by atoms with Gasteiger partial charge in [0.05, 0.1) is 27.8 Å². The first kappa shape index (κ1) is 24.6. The minimum atomic E-state index is 0.721. The van der Waals surface area contributed by atoms with E-state index in [-0.39, 0.29) is 0 Å². The molecule has 3 aromatic heterocycles. The van der Waals surface area contributed by atoms with E-state index >= 15 is 0 Å². The Labute approximate surface area is 254 Å². The molecule has 0 unspecified atom stereocenters. The molecule has 0 radical (unpaired) electrons. The molecule has 0 saturated carbocycles. The zero-order chi connectivity index (χ0) is 29.0. The van der Waals surface area contributed by atoms with Gasteiger partial charge >= 0.3 is 0 Å². The number of hydrogen-bond acceptors (Lipinski definition) is 2. The molecule has 6 aromatic carbocycles. The number of benzene rings is 6. The lowest BCUT2D eigenvalue weighted by atomic mass is 10.0. The van der Waals surface area contributed by atoms with E-state index in [9.17, 15) is 0 Å². The molecular weight excluding hydrogens is 536 g/mol. The van der Waals surface area contributed by atoms with E-state index in [1.165, 1.54) is 27.2 Å². The van der Waals surface area contributed by atoms with E-state index in [4.69, 9.17) is 9.97 Å². The second-order valence-electron chi connectivity index (χ2n) is 11.1. The van der Waals surface area contributed by atoms with Gasteiger partial charge in [0.2, 0.25) is 0 Å². The summed E-state index contributed by atoms with van der Waals surface area (Å²) in [5.41, 5.74) is 9.73. The molecule has 3 heterocycles. The molecule has 4 nitrogen and oxygen atoms in total. The van der Waals surface area contributed by atoms with Gasteiger partial charge in [0.25, 0.3) is 0 Å². The van der Waals surface area contributed by atoms with E-state index in [0.717, 1.165) is 50.4 Å². The van der Waals surface area contributed by atoms with Crippen LogP contribution in [0.5, 0.6) is 0 Å². The fraction of sp³-hybridized carbons (Fsp3) is 0. The molecule has 4 heteroatoms. The lowest BCUT2D eigenvalue weighted by Crippen LogP contribution is -1.98. The van der Waals surface area contributed by atoms with E-state index in [0.29, 0.717) is 0 Å². The molecule has 0 spiro atoms. The predicted octanol–water partition coefficient (Wildman–Crippen LogP) is 10.0. The fourth-order valence-corrected chi connectivity index (χ4v) is 6.53. The van der Waals surface area contributed by atoms with Crippen LogP contribution < -0.4 is 0 Å². The van der Waals surface area contributed by atoms with Crippen LogP contribution in [0, 0.1) is 0 Å². The van der Waals surface area contributed by atoms with Gasteiger partial charge in [-0.3, -0.25) is 0 Å². The molecule has 0 N–H and O–H groups in total. The monoisotopic (exact) mass is 562 g/mol. The van der Waals surface area contributed by atoms with Crippen LogP contribution in [0.1, 0.15) is 0 Å². The molecule has 0 amide bonds. The summed E-state index contributed by atoms with van der Waals surface area (Å²) < 4.78 is 4.70. The molecule has 9 rings (SSSR count). The molecule has 206 valence electrons. The van der Waals surface area contributed by atoms with Gasteiger partial charge in [0.1, 0.15) is 0 Å². The zero-order valence-corrected chi connectivity index (χ0v) is 23.8. The summed E-state index contributed by atoms with van der Waals surface area (Å²) in [4.78, 5) is 10.2. The van der Waals surface area contributed by atoms with Gasteiger partial charge in [0.15, 0.2) is 5.82 Å². The van der Waals surface area contributed by atoms with E-state index in [1.807, 2.05) is 18.2 Å². The normalized spacial score (nSPS) is 11.6. The third-order valence-corrected chi connectivity index (χ3v) is 8.54. The Morgan fingerprint density at radius 1 is 0.455 bits per heavy atom. The predicted molar refractivity (Wildman–Crippen MR) is 182 cm³/mol. The highest BCUT2D eigenvalue weighted by atomic mass is 15.0. The summed E-state index contributed by atoms with van der Waals surface area (Å²) in [5, 5.41) is 4.61. The second-order valence-corrected chi connectivity index (χ2v) is 11.1. The highest BCUT2D eigenvalue weighted by molar-refractivity contribution is 6.18. The van der Waals surface area contributed by atoms with Crippen LogP contribution in [0.4, 0.5) is 0 Å². The zero-order valence-electron chi connectivity index (χ0n) is 23.8. The Bertz CT molecular complexity index is 2470. The van der Waals surface area contributed by atoms with E-state index in [2.05, 4.69) is 149 Å². The fourth-order valence-electron chi connectivity index (χ4n) is 6.53. The Balaban J connectivity index is 1.35. The molecule has 0 fully saturated rings. The second kappa shape index (κ2) is 9.79. The van der Waals surface area contributed by atoms with Crippen molar-refractivity contribution >= 4 is 43.6 Å². The maximum atomic E-state index is 5.17. The van der Waals surface area contributed by atoms with Crippen LogP contribution >= 0.6 is 0 Å². The van der Waals surface area contributed by atoms with Crippen molar-refractivity contribution in [3.8, 4) is 34.0 Å². The Morgan fingerprint density at radius 2 is 1.16 bits per heavy atom. The molecule has 0 aliphatic heterocycles. The van der Waals surface area contributed by atoms with Crippen molar-refractivity contribution in [2.45, 2.75) is 0 Å². The van der Waals surface area contributed by atoms with Gasteiger partial charge in [-0.1, -0.05) is 97.1 Å². The highest BCUT2D eigenvalue weighted by Gasteiger charge is 2.19. The summed E-state index contributed by atoms with van der Waals surface area (Å²) in [6.07, 6.45) is 2.17. The van der Waals surface area contributed by atoms with Crippen molar-refractivity contribution < 1.29 is 0 Å². The first-order valence-corrected chi connectivity index (χ1v) is 14.9. The van der Waals surface area contributed by atoms with Gasteiger partial charge in [-0.25, -0.2) is 9.97 Å². The lowest BCUT2D eigenvalue weighted by molar-refractivity contribution is 1.12. The molecule has 9 aromatic rings. The van der Waals surface area contributed by atoms with Gasteiger partial charge in [0, 0.05) is 50.2 Å². The SMILES string of the molecule is c1ccc(-c2nc(-c3ccc4c(c3)c3ccc5ccn(-c6ccccc6)c5c3n4-c3ccccc3)nc3ccccc23)cc1. The van der Waals surface area contributed by atoms with Crippen molar-refractivity contribution in [1.82, 2.24) is 19.1 Å². The van der Waals surface area contributed by atoms with Crippen LogP contribution in [0.3, 0.4) is 0 Å². The number of rotatable bonds is 4. The largest absolute Gasteiger partial charge is 0.315 e. The number of hydrogen-bond donors (Lipinski definition) is 0. The Hall–Kier alpha value is -6.00. The van der Waals surface area contributed by atoms with E-state index < -0.39 is 0 Å². The number of aromatic nitrogens is 4. The molecule has 0 aliphatic carbocycles. The summed E-state index contributed by atoms with van der Waals surface area (Å²) in [6, 6.07) is 53.2. The third kappa shape index (κ3) is 3.78. The Kier molecular flexibility index (Phi) is 5.47. The topological polar surface area (TPSA) is 35.6 Å². The summed E-state index contributed by atoms with van der Waals surface area (Å²) in [6.45, 7) is 0. The smallest absolute Gasteiger partial charge is 0.160 e. The maximum Gasteiger partial charge on any atom is 0.160 e. The van der Waals surface area contributed by atoms with Gasteiger partial charge in [-0.2, -0.15) is 0 Å². The van der Waals surface area contributed by atoms with Crippen molar-refractivity contribution in [2.75, 3.05) is 0 Å². The quantitative estimate of drug-likeness (QED) is 0.214. The van der Waals surface area contributed by atoms with Gasteiger partial charge < -0.3 is 9.13 Å². The van der Waals surface area contributed by atoms with Crippen LogP contribution in [-0.4, -0.2) is 19.1 Å². The van der Waals surface area contributed by atoms with Crippen LogP contribution in [0.2, 0.25) is 0 Å². The third-order valence-electron chi connectivity index (χ3n) is 8.54. The Morgan fingerprint density at radius 3 is 1.95 bits per heavy atom.